The van der Waals surface area contributed by atoms with Crippen LogP contribution in [0.15, 0.2) is 54.6 Å². The van der Waals surface area contributed by atoms with E-state index in [4.69, 9.17) is 4.74 Å². The maximum Gasteiger partial charge on any atom is 0.118 e. The molecule has 3 heteroatoms. The maximum atomic E-state index is 5.24. The molecular formula is C20H24ClNO. The molecule has 0 unspecified atom stereocenters. The van der Waals surface area contributed by atoms with Crippen LogP contribution in [0.1, 0.15) is 24.0 Å². The summed E-state index contributed by atoms with van der Waals surface area (Å²) in [4.78, 5) is 2.63. The normalized spacial score (nSPS) is 26.0. The van der Waals surface area contributed by atoms with Crippen molar-refractivity contribution in [3.05, 3.63) is 65.7 Å². The number of piperidine rings is 2. The Labute approximate surface area is 144 Å². The summed E-state index contributed by atoms with van der Waals surface area (Å²) in [5.41, 5.74) is 3.33. The first-order valence-electron chi connectivity index (χ1n) is 8.18. The number of halogens is 1. The number of hydrogen-bond acceptors (Lipinski definition) is 2. The molecule has 2 aromatic rings. The summed E-state index contributed by atoms with van der Waals surface area (Å²) in [7, 11) is 1.72. The van der Waals surface area contributed by atoms with Crippen molar-refractivity contribution in [2.45, 2.75) is 24.8 Å². The molecule has 0 spiro atoms. The van der Waals surface area contributed by atoms with Crippen LogP contribution in [0.5, 0.6) is 5.75 Å². The van der Waals surface area contributed by atoms with Gasteiger partial charge in [0.1, 0.15) is 5.75 Å². The Balaban J connectivity index is 0.00000156. The molecule has 2 bridgehead atoms. The summed E-state index contributed by atoms with van der Waals surface area (Å²) < 4.78 is 5.24. The lowest BCUT2D eigenvalue weighted by Crippen LogP contribution is -2.58. The molecule has 0 N–H and O–H groups in total. The van der Waals surface area contributed by atoms with Crippen LogP contribution < -0.4 is 4.74 Å². The van der Waals surface area contributed by atoms with E-state index in [1.54, 1.807) is 7.11 Å². The van der Waals surface area contributed by atoms with Gasteiger partial charge in [-0.2, -0.15) is 0 Å². The number of ether oxygens (including phenoxy) is 1. The van der Waals surface area contributed by atoms with Crippen molar-refractivity contribution >= 4 is 12.4 Å². The first-order chi connectivity index (χ1) is 10.8. The fourth-order valence-electron chi connectivity index (χ4n) is 4.39. The predicted molar refractivity (Wildman–Crippen MR) is 96.4 cm³/mol. The van der Waals surface area contributed by atoms with Crippen LogP contribution in [0.4, 0.5) is 0 Å². The quantitative estimate of drug-likeness (QED) is 0.830. The summed E-state index contributed by atoms with van der Waals surface area (Å²) in [6, 6.07) is 19.6. The van der Waals surface area contributed by atoms with Crippen molar-refractivity contribution < 1.29 is 4.74 Å². The molecule has 3 aliphatic rings. The predicted octanol–water partition coefficient (Wildman–Crippen LogP) is 4.28. The van der Waals surface area contributed by atoms with Crippen LogP contribution in [0, 0.1) is 5.92 Å². The molecule has 2 nitrogen and oxygen atoms in total. The minimum atomic E-state index is 0. The van der Waals surface area contributed by atoms with Gasteiger partial charge in [0.2, 0.25) is 0 Å². The van der Waals surface area contributed by atoms with E-state index in [1.165, 1.54) is 37.1 Å². The van der Waals surface area contributed by atoms with E-state index < -0.39 is 0 Å². The monoisotopic (exact) mass is 329 g/mol. The van der Waals surface area contributed by atoms with Crippen molar-refractivity contribution in [1.82, 2.24) is 4.90 Å². The number of methoxy groups -OCH3 is 1. The molecule has 2 aromatic carbocycles. The van der Waals surface area contributed by atoms with Gasteiger partial charge in [0.25, 0.3) is 0 Å². The first-order valence-corrected chi connectivity index (χ1v) is 8.18. The molecule has 0 atom stereocenters. The summed E-state index contributed by atoms with van der Waals surface area (Å²) in [6.07, 6.45) is 2.74. The molecule has 23 heavy (non-hydrogen) atoms. The number of benzene rings is 2. The summed E-state index contributed by atoms with van der Waals surface area (Å²) >= 11 is 0. The lowest BCUT2D eigenvalue weighted by atomic mass is 9.56. The van der Waals surface area contributed by atoms with E-state index >= 15 is 0 Å². The van der Waals surface area contributed by atoms with Gasteiger partial charge in [-0.3, -0.25) is 4.90 Å². The third kappa shape index (κ3) is 3.11. The summed E-state index contributed by atoms with van der Waals surface area (Å²) in [5.74, 6) is 1.82. The Morgan fingerprint density at radius 1 is 1.04 bits per heavy atom. The SMILES string of the molecule is COc1ccc(CN2CC3CC(c4ccccc4)(C3)C2)cc1.Cl. The average molecular weight is 330 g/mol. The standard InChI is InChI=1S/C20H23NO.ClH/c1-22-19-9-7-16(8-10-19)13-21-14-17-11-20(12-17,15-21)18-5-3-2-4-6-18;/h2-10,17H,11-15H2,1H3;1H. The maximum absolute atomic E-state index is 5.24. The van der Waals surface area contributed by atoms with Gasteiger partial charge in [-0.05, 0) is 42.0 Å². The topological polar surface area (TPSA) is 12.5 Å². The molecule has 1 aliphatic carbocycles. The molecular weight excluding hydrogens is 306 g/mol. The average Bonchev–Trinajstić information content (AvgIpc) is 2.55. The Morgan fingerprint density at radius 2 is 1.74 bits per heavy atom. The Kier molecular flexibility index (Phi) is 4.65. The lowest BCUT2D eigenvalue weighted by molar-refractivity contribution is -0.00802. The second-order valence-corrected chi connectivity index (χ2v) is 6.94. The molecule has 0 radical (unpaired) electrons. The Bertz CT molecular complexity index is 634. The van der Waals surface area contributed by atoms with Gasteiger partial charge in [0.15, 0.2) is 0 Å². The number of rotatable bonds is 4. The highest BCUT2D eigenvalue weighted by Gasteiger charge is 2.50. The third-order valence-electron chi connectivity index (χ3n) is 5.35. The van der Waals surface area contributed by atoms with Gasteiger partial charge in [0.05, 0.1) is 7.11 Å². The Hall–Kier alpha value is -1.51. The molecule has 0 amide bonds. The molecule has 2 aliphatic heterocycles. The van der Waals surface area contributed by atoms with Crippen LogP contribution >= 0.6 is 12.4 Å². The highest BCUT2D eigenvalue weighted by molar-refractivity contribution is 5.85. The van der Waals surface area contributed by atoms with E-state index in [0.717, 1.165) is 18.2 Å². The van der Waals surface area contributed by atoms with Gasteiger partial charge in [-0.25, -0.2) is 0 Å². The molecule has 0 aromatic heterocycles. The van der Waals surface area contributed by atoms with Crippen LogP contribution in [-0.4, -0.2) is 25.1 Å². The fraction of sp³-hybridized carbons (Fsp3) is 0.400. The van der Waals surface area contributed by atoms with Crippen LogP contribution in [0.25, 0.3) is 0 Å². The van der Waals surface area contributed by atoms with Crippen molar-refractivity contribution in [1.29, 1.82) is 0 Å². The number of nitrogens with zero attached hydrogens (tertiary/aromatic N) is 1. The summed E-state index contributed by atoms with van der Waals surface area (Å²) in [6.45, 7) is 3.50. The molecule has 2 heterocycles. The van der Waals surface area contributed by atoms with E-state index in [2.05, 4.69) is 59.5 Å². The summed E-state index contributed by atoms with van der Waals surface area (Å²) in [5, 5.41) is 0. The zero-order chi connectivity index (χ0) is 15.0. The van der Waals surface area contributed by atoms with E-state index in [1.807, 2.05) is 0 Å². The zero-order valence-electron chi connectivity index (χ0n) is 13.6. The van der Waals surface area contributed by atoms with E-state index in [9.17, 15) is 0 Å². The van der Waals surface area contributed by atoms with Crippen molar-refractivity contribution in [2.24, 2.45) is 5.92 Å². The van der Waals surface area contributed by atoms with Gasteiger partial charge in [-0.15, -0.1) is 12.4 Å². The Morgan fingerprint density at radius 3 is 2.39 bits per heavy atom. The fourth-order valence-corrected chi connectivity index (χ4v) is 4.39. The van der Waals surface area contributed by atoms with Crippen LogP contribution in [-0.2, 0) is 12.0 Å². The smallest absolute Gasteiger partial charge is 0.118 e. The van der Waals surface area contributed by atoms with Crippen molar-refractivity contribution in [2.75, 3.05) is 20.2 Å². The van der Waals surface area contributed by atoms with Gasteiger partial charge < -0.3 is 4.74 Å². The second-order valence-electron chi connectivity index (χ2n) is 6.94. The minimum absolute atomic E-state index is 0. The third-order valence-corrected chi connectivity index (χ3v) is 5.35. The minimum Gasteiger partial charge on any atom is -0.497 e. The molecule has 1 saturated carbocycles. The molecule has 2 saturated heterocycles. The molecule has 3 fully saturated rings. The van der Waals surface area contributed by atoms with Gasteiger partial charge in [-0.1, -0.05) is 42.5 Å². The second kappa shape index (κ2) is 6.54. The highest BCUT2D eigenvalue weighted by atomic mass is 35.5. The van der Waals surface area contributed by atoms with E-state index in [-0.39, 0.29) is 12.4 Å². The van der Waals surface area contributed by atoms with Gasteiger partial charge >= 0.3 is 0 Å². The number of hydrogen-bond donors (Lipinski definition) is 0. The zero-order valence-corrected chi connectivity index (χ0v) is 14.4. The van der Waals surface area contributed by atoms with Crippen molar-refractivity contribution in [3.8, 4) is 5.75 Å². The molecule has 122 valence electrons. The van der Waals surface area contributed by atoms with Crippen molar-refractivity contribution in [3.63, 3.8) is 0 Å². The van der Waals surface area contributed by atoms with Gasteiger partial charge in [0, 0.05) is 25.0 Å². The highest BCUT2D eigenvalue weighted by Crippen LogP contribution is 2.52. The number of fused-ring (bicyclic) bond motifs is 2. The van der Waals surface area contributed by atoms with E-state index in [0.29, 0.717) is 5.41 Å². The van der Waals surface area contributed by atoms with Crippen LogP contribution in [0.2, 0.25) is 0 Å². The molecule has 5 rings (SSSR count). The first kappa shape index (κ1) is 16.4. The van der Waals surface area contributed by atoms with Crippen LogP contribution in [0.3, 0.4) is 0 Å². The largest absolute Gasteiger partial charge is 0.497 e. The lowest BCUT2D eigenvalue weighted by Gasteiger charge is -2.57.